The molecular formula is C15H17NO2. The summed E-state index contributed by atoms with van der Waals surface area (Å²) in [6.07, 6.45) is 0. The number of benzene rings is 2. The van der Waals surface area contributed by atoms with Gasteiger partial charge in [-0.3, -0.25) is 5.26 Å². The first-order valence-corrected chi connectivity index (χ1v) is 5.97. The summed E-state index contributed by atoms with van der Waals surface area (Å²) in [7, 11) is 0. The van der Waals surface area contributed by atoms with E-state index in [2.05, 4.69) is 22.3 Å². The molecule has 2 N–H and O–H groups in total. The highest BCUT2D eigenvalue weighted by Crippen LogP contribution is 2.06. The van der Waals surface area contributed by atoms with Gasteiger partial charge in [-0.1, -0.05) is 54.6 Å². The molecule has 2 aromatic rings. The van der Waals surface area contributed by atoms with E-state index >= 15 is 0 Å². The third-order valence-corrected chi connectivity index (χ3v) is 2.76. The summed E-state index contributed by atoms with van der Waals surface area (Å²) in [5.41, 5.74) is 3.46. The summed E-state index contributed by atoms with van der Waals surface area (Å²) in [5.74, 6) is 0. The number of hydrogen-bond acceptors (Lipinski definition) is 3. The van der Waals surface area contributed by atoms with Gasteiger partial charge in [0.15, 0.2) is 0 Å². The van der Waals surface area contributed by atoms with Crippen LogP contribution in [0.25, 0.3) is 0 Å². The second-order valence-electron chi connectivity index (χ2n) is 4.18. The van der Waals surface area contributed by atoms with Crippen LogP contribution in [0.3, 0.4) is 0 Å². The van der Waals surface area contributed by atoms with E-state index in [1.807, 2.05) is 42.5 Å². The predicted octanol–water partition coefficient (Wildman–Crippen LogP) is 2.97. The van der Waals surface area contributed by atoms with Crippen LogP contribution in [0.15, 0.2) is 54.6 Å². The Kier molecular flexibility index (Phi) is 4.90. The minimum atomic E-state index is 0.234. The third kappa shape index (κ3) is 3.96. The molecule has 2 rings (SSSR count). The van der Waals surface area contributed by atoms with E-state index in [0.29, 0.717) is 0 Å². The van der Waals surface area contributed by atoms with Crippen molar-refractivity contribution in [2.24, 2.45) is 0 Å². The number of rotatable bonds is 6. The largest absolute Gasteiger partial charge is 0.309 e. The lowest BCUT2D eigenvalue weighted by atomic mass is 10.1. The smallest absolute Gasteiger partial charge is 0.107 e. The van der Waals surface area contributed by atoms with Gasteiger partial charge >= 0.3 is 0 Å². The summed E-state index contributed by atoms with van der Waals surface area (Å²) in [6.45, 7) is 1.93. The zero-order valence-corrected chi connectivity index (χ0v) is 10.2. The minimum absolute atomic E-state index is 0.234. The molecule has 2 aromatic carbocycles. The quantitative estimate of drug-likeness (QED) is 0.605. The molecule has 0 spiro atoms. The van der Waals surface area contributed by atoms with Crippen LogP contribution in [0, 0.1) is 0 Å². The molecule has 0 fully saturated rings. The minimum Gasteiger partial charge on any atom is -0.309 e. The molecular weight excluding hydrogens is 226 g/mol. The molecule has 3 nitrogen and oxygen atoms in total. The van der Waals surface area contributed by atoms with Gasteiger partial charge in [-0.15, -0.1) is 0 Å². The lowest BCUT2D eigenvalue weighted by Crippen LogP contribution is -2.12. The van der Waals surface area contributed by atoms with Gasteiger partial charge in [-0.25, -0.2) is 4.89 Å². The summed E-state index contributed by atoms with van der Waals surface area (Å²) < 4.78 is 0. The molecule has 3 heteroatoms. The van der Waals surface area contributed by atoms with Gasteiger partial charge < -0.3 is 5.32 Å². The zero-order valence-electron chi connectivity index (χ0n) is 10.2. The van der Waals surface area contributed by atoms with E-state index in [1.165, 1.54) is 11.1 Å². The van der Waals surface area contributed by atoms with Crippen LogP contribution in [0.2, 0.25) is 0 Å². The number of hydrogen-bond donors (Lipinski definition) is 2. The van der Waals surface area contributed by atoms with Crippen molar-refractivity contribution in [1.29, 1.82) is 0 Å². The van der Waals surface area contributed by atoms with Crippen molar-refractivity contribution in [2.75, 3.05) is 0 Å². The monoisotopic (exact) mass is 243 g/mol. The van der Waals surface area contributed by atoms with E-state index in [4.69, 9.17) is 5.26 Å². The summed E-state index contributed by atoms with van der Waals surface area (Å²) in [4.78, 5) is 4.09. The molecule has 0 aliphatic carbocycles. The van der Waals surface area contributed by atoms with E-state index in [1.54, 1.807) is 0 Å². The van der Waals surface area contributed by atoms with Gasteiger partial charge in [0.05, 0.1) is 0 Å². The Balaban J connectivity index is 1.80. The lowest BCUT2D eigenvalue weighted by molar-refractivity contribution is -0.253. The average Bonchev–Trinajstić information content (AvgIpc) is 2.42. The highest BCUT2D eigenvalue weighted by Gasteiger charge is 1.96. The molecule has 0 saturated heterocycles. The second kappa shape index (κ2) is 6.91. The topological polar surface area (TPSA) is 41.5 Å². The van der Waals surface area contributed by atoms with E-state index in [-0.39, 0.29) is 6.61 Å². The van der Waals surface area contributed by atoms with Crippen LogP contribution in [0.5, 0.6) is 0 Å². The Morgan fingerprint density at radius 1 is 0.778 bits per heavy atom. The molecule has 0 unspecified atom stereocenters. The fraction of sp³-hybridized carbons (Fsp3) is 0.200. The first-order chi connectivity index (χ1) is 8.88. The van der Waals surface area contributed by atoms with Gasteiger partial charge in [0, 0.05) is 13.1 Å². The normalized spacial score (nSPS) is 10.5. The predicted molar refractivity (Wildman–Crippen MR) is 70.8 cm³/mol. The fourth-order valence-corrected chi connectivity index (χ4v) is 1.77. The van der Waals surface area contributed by atoms with Gasteiger partial charge in [-0.2, -0.15) is 0 Å². The first-order valence-electron chi connectivity index (χ1n) is 5.97. The molecule has 18 heavy (non-hydrogen) atoms. The molecule has 0 bridgehead atoms. The summed E-state index contributed by atoms with van der Waals surface area (Å²) in [5, 5.41) is 11.7. The van der Waals surface area contributed by atoms with Crippen molar-refractivity contribution >= 4 is 0 Å². The first kappa shape index (κ1) is 12.8. The van der Waals surface area contributed by atoms with E-state index in [9.17, 15) is 0 Å². The Morgan fingerprint density at radius 3 is 1.94 bits per heavy atom. The van der Waals surface area contributed by atoms with Crippen LogP contribution in [-0.4, -0.2) is 5.26 Å². The standard InChI is InChI=1S/C15H17NO2/c17-18-12-15-8-6-14(7-9-15)11-16-10-13-4-2-1-3-5-13/h1-9,16-17H,10-12H2. The van der Waals surface area contributed by atoms with Crippen LogP contribution in [0.1, 0.15) is 16.7 Å². The third-order valence-electron chi connectivity index (χ3n) is 2.76. The van der Waals surface area contributed by atoms with Crippen molar-refractivity contribution in [2.45, 2.75) is 19.7 Å². The van der Waals surface area contributed by atoms with Crippen molar-refractivity contribution < 1.29 is 10.1 Å². The van der Waals surface area contributed by atoms with Crippen molar-refractivity contribution in [1.82, 2.24) is 5.32 Å². The SMILES string of the molecule is OOCc1ccc(CNCc2ccccc2)cc1. The van der Waals surface area contributed by atoms with Crippen molar-refractivity contribution in [3.63, 3.8) is 0 Å². The van der Waals surface area contributed by atoms with E-state index in [0.717, 1.165) is 18.7 Å². The lowest BCUT2D eigenvalue weighted by Gasteiger charge is -2.06. The number of nitrogens with one attached hydrogen (secondary N) is 1. The maximum Gasteiger partial charge on any atom is 0.107 e. The molecule has 0 saturated carbocycles. The van der Waals surface area contributed by atoms with Gasteiger partial charge in [0.25, 0.3) is 0 Å². The second-order valence-corrected chi connectivity index (χ2v) is 4.18. The van der Waals surface area contributed by atoms with Crippen molar-refractivity contribution in [3.8, 4) is 0 Å². The van der Waals surface area contributed by atoms with Crippen LogP contribution in [-0.2, 0) is 24.6 Å². The molecule has 0 amide bonds. The highest BCUT2D eigenvalue weighted by molar-refractivity contribution is 5.22. The average molecular weight is 243 g/mol. The Labute approximate surface area is 107 Å². The molecule has 0 atom stereocenters. The Morgan fingerprint density at radius 2 is 1.33 bits per heavy atom. The summed E-state index contributed by atoms with van der Waals surface area (Å²) >= 11 is 0. The summed E-state index contributed by atoms with van der Waals surface area (Å²) in [6, 6.07) is 18.3. The molecule has 0 radical (unpaired) electrons. The van der Waals surface area contributed by atoms with Crippen LogP contribution >= 0.6 is 0 Å². The van der Waals surface area contributed by atoms with Crippen LogP contribution in [0.4, 0.5) is 0 Å². The molecule has 94 valence electrons. The zero-order chi connectivity index (χ0) is 12.6. The molecule has 0 aliphatic rings. The van der Waals surface area contributed by atoms with Gasteiger partial charge in [-0.05, 0) is 16.7 Å². The van der Waals surface area contributed by atoms with Gasteiger partial charge in [0.1, 0.15) is 6.61 Å². The fourth-order valence-electron chi connectivity index (χ4n) is 1.77. The maximum atomic E-state index is 8.34. The molecule has 0 aliphatic heterocycles. The Hall–Kier alpha value is -1.68. The highest BCUT2D eigenvalue weighted by atomic mass is 17.1. The van der Waals surface area contributed by atoms with Gasteiger partial charge in [0.2, 0.25) is 0 Å². The van der Waals surface area contributed by atoms with E-state index < -0.39 is 0 Å². The maximum absolute atomic E-state index is 8.34. The Bertz CT molecular complexity index is 454. The van der Waals surface area contributed by atoms with Crippen molar-refractivity contribution in [3.05, 3.63) is 71.3 Å². The molecule has 0 heterocycles. The molecule has 0 aromatic heterocycles. The van der Waals surface area contributed by atoms with Crippen LogP contribution < -0.4 is 5.32 Å².